The molecule has 4 atom stereocenters. The van der Waals surface area contributed by atoms with Gasteiger partial charge in [-0.1, -0.05) is 106 Å². The number of aliphatic carboxylic acids is 2. The molecular formula is C54H51BrCl2N8O14. The second-order valence-electron chi connectivity index (χ2n) is 17.3. The number of nitrogens with zero attached hydrogens (tertiary/aromatic N) is 6. The van der Waals surface area contributed by atoms with Crippen LogP contribution in [-0.4, -0.2) is 128 Å². The maximum Gasteiger partial charge on any atom is 0.332 e. The molecule has 7 N–H and O–H groups in total. The summed E-state index contributed by atoms with van der Waals surface area (Å²) < 4.78 is 9.06. The molecule has 6 aromatic carbocycles. The number of carboxylic acid groups (broad SMARTS) is 2. The maximum atomic E-state index is 13.1. The van der Waals surface area contributed by atoms with E-state index in [1.54, 1.807) is 24.3 Å². The summed E-state index contributed by atoms with van der Waals surface area (Å²) in [4.78, 5) is 76.1. The monoisotopic (exact) mass is 1180 g/mol. The van der Waals surface area contributed by atoms with Crippen molar-refractivity contribution in [3.8, 4) is 22.3 Å². The van der Waals surface area contributed by atoms with E-state index in [0.29, 0.717) is 43.4 Å². The molecule has 0 fully saturated rings. The molecule has 412 valence electrons. The second kappa shape index (κ2) is 28.8. The van der Waals surface area contributed by atoms with Crippen LogP contribution in [0.1, 0.15) is 58.5 Å². The highest BCUT2D eigenvalue weighted by atomic mass is 79.9. The topological polar surface area (TPSA) is 317 Å². The maximum absolute atomic E-state index is 13.1. The minimum absolute atomic E-state index is 0.182. The van der Waals surface area contributed by atoms with E-state index in [9.17, 15) is 49.3 Å². The van der Waals surface area contributed by atoms with Crippen molar-refractivity contribution >= 4 is 96.9 Å². The van der Waals surface area contributed by atoms with E-state index in [2.05, 4.69) is 51.9 Å². The third-order valence-electron chi connectivity index (χ3n) is 11.5. The first kappa shape index (κ1) is 59.8. The van der Waals surface area contributed by atoms with Gasteiger partial charge in [0.1, 0.15) is 27.6 Å². The summed E-state index contributed by atoms with van der Waals surface area (Å²) in [6, 6.07) is 37.8. The fourth-order valence-corrected chi connectivity index (χ4v) is 8.36. The van der Waals surface area contributed by atoms with Gasteiger partial charge in [-0.2, -0.15) is 0 Å². The summed E-state index contributed by atoms with van der Waals surface area (Å²) >= 11 is 15.1. The molecule has 22 nitrogen and oxygen atoms in total. The van der Waals surface area contributed by atoms with Crippen LogP contribution in [0.3, 0.4) is 0 Å². The molecule has 79 heavy (non-hydrogen) atoms. The minimum atomic E-state index is -1.66. The van der Waals surface area contributed by atoms with Crippen LogP contribution in [0.5, 0.6) is 0 Å². The van der Waals surface area contributed by atoms with Gasteiger partial charge in [0.15, 0.2) is 12.2 Å². The average molecular weight is 1190 g/mol. The number of aromatic nitrogens is 6. The summed E-state index contributed by atoms with van der Waals surface area (Å²) in [5, 5.41) is 69.8. The van der Waals surface area contributed by atoms with Crippen LogP contribution in [-0.2, 0) is 41.5 Å². The lowest BCUT2D eigenvalue weighted by Gasteiger charge is -2.21. The second-order valence-corrected chi connectivity index (χ2v) is 18.6. The molecule has 0 bridgehead atoms. The van der Waals surface area contributed by atoms with Crippen molar-refractivity contribution < 1.29 is 68.7 Å². The van der Waals surface area contributed by atoms with Crippen molar-refractivity contribution in [1.29, 1.82) is 0 Å². The summed E-state index contributed by atoms with van der Waals surface area (Å²) in [6.45, 7) is 2.20. The van der Waals surface area contributed by atoms with Crippen LogP contribution in [0.15, 0.2) is 133 Å². The first-order chi connectivity index (χ1) is 37.8. The number of nitrogens with one attached hydrogen (secondary N) is 2. The Balaban J connectivity index is 0.000000233. The summed E-state index contributed by atoms with van der Waals surface area (Å²) in [6.07, 6.45) is -3.11. The third kappa shape index (κ3) is 18.0. The lowest BCUT2D eigenvalue weighted by Crippen LogP contribution is -2.40. The van der Waals surface area contributed by atoms with E-state index in [-0.39, 0.29) is 41.9 Å². The zero-order valence-corrected chi connectivity index (χ0v) is 45.1. The molecule has 0 spiro atoms. The molecule has 2 heterocycles. The quantitative estimate of drug-likeness (QED) is 0.0176. The highest BCUT2D eigenvalue weighted by molar-refractivity contribution is 9.09. The Labute approximate surface area is 468 Å². The van der Waals surface area contributed by atoms with Gasteiger partial charge in [0, 0.05) is 59.9 Å². The normalized spacial score (nSPS) is 12.3. The number of aliphatic hydroxyl groups excluding tert-OH is 2. The van der Waals surface area contributed by atoms with E-state index < -0.39 is 60.8 Å². The fourth-order valence-electron chi connectivity index (χ4n) is 7.66. The number of rotatable bonds is 20. The van der Waals surface area contributed by atoms with E-state index in [1.165, 1.54) is 38.1 Å². The van der Waals surface area contributed by atoms with Gasteiger partial charge < -0.3 is 50.6 Å². The number of alkyl halides is 1. The number of hydrogen-bond acceptors (Lipinski definition) is 16. The van der Waals surface area contributed by atoms with Gasteiger partial charge >= 0.3 is 23.9 Å². The van der Waals surface area contributed by atoms with Crippen molar-refractivity contribution in [2.45, 2.75) is 63.8 Å². The molecule has 0 saturated heterocycles. The van der Waals surface area contributed by atoms with Crippen molar-refractivity contribution in [3.63, 3.8) is 0 Å². The van der Waals surface area contributed by atoms with Crippen molar-refractivity contribution in [1.82, 2.24) is 40.9 Å². The van der Waals surface area contributed by atoms with E-state index in [4.69, 9.17) is 37.9 Å². The lowest BCUT2D eigenvalue weighted by molar-refractivity contribution is -0.155. The molecule has 0 saturated carbocycles. The predicted molar refractivity (Wildman–Crippen MR) is 291 cm³/mol. The number of halogens is 3. The average Bonchev–Trinajstić information content (AvgIpc) is 4.08. The lowest BCUT2D eigenvalue weighted by atomic mass is 9.97. The molecule has 8 rings (SSSR count). The number of carboxylic acids is 2. The van der Waals surface area contributed by atoms with Gasteiger partial charge in [0.05, 0.1) is 0 Å². The van der Waals surface area contributed by atoms with Gasteiger partial charge in [-0.05, 0) is 133 Å². The van der Waals surface area contributed by atoms with Gasteiger partial charge in [-0.3, -0.25) is 19.2 Å². The van der Waals surface area contributed by atoms with Crippen LogP contribution in [0.4, 0.5) is 0 Å². The Morgan fingerprint density at radius 1 is 0.582 bits per heavy atom. The summed E-state index contributed by atoms with van der Waals surface area (Å²) in [5.41, 5.74) is 7.71. The van der Waals surface area contributed by atoms with Gasteiger partial charge in [0.25, 0.3) is 18.6 Å². The molecule has 0 aliphatic rings. The smallest absolute Gasteiger partial charge is 0.332 e. The summed E-state index contributed by atoms with van der Waals surface area (Å²) in [5.74, 6) is -4.52. The van der Waals surface area contributed by atoms with Crippen molar-refractivity contribution in [2.75, 3.05) is 12.3 Å². The number of carbonyl (C=O) groups is 6. The Kier molecular flexibility index (Phi) is 21.8. The van der Waals surface area contributed by atoms with E-state index in [0.717, 1.165) is 38.2 Å². The largest absolute Gasteiger partial charge is 0.479 e. The fraction of sp³-hybridized carbons (Fsp3) is 0.222. The number of ether oxygens (including phenoxy) is 2. The minimum Gasteiger partial charge on any atom is -0.479 e. The molecule has 0 unspecified atom stereocenters. The number of fused-ring (bicyclic) bond motifs is 2. The van der Waals surface area contributed by atoms with Crippen LogP contribution in [0, 0.1) is 0 Å². The van der Waals surface area contributed by atoms with Gasteiger partial charge in [-0.25, -0.2) is 9.59 Å². The standard InChI is InChI=1S/C27H25ClN4O7.C24H21ClN4O5.C3H5BrO2/c1-16(33)38-15-39-32-24-13-20(9-10-23(24)30-31-32)26(35)29-22(14-25(34)27(36)37)11-17-5-7-18(8-6-17)19-3-2-4-21(28)12-19;25-18-3-1-2-16(11-18)15-6-4-14(5-7-15)10-19(13-22(30)24(32)33)26-23(31)17-8-9-20-21(12-17)29(34)28-27-20;1-3(5)6-2-4/h2-10,12-13,22,25,34H,11,14-15H2,1H3,(H,29,35)(H,36,37);1-9,11-12,19,22,30,34H,10,13H2,(H,26,31)(H,32,33);2H2,1H3/t22-,25-;19-,22-;/m11./s1. The number of carbonyl (C=O) groups excluding carboxylic acids is 4. The molecule has 8 aromatic rings. The zero-order valence-electron chi connectivity index (χ0n) is 42.0. The first-order valence-corrected chi connectivity index (χ1v) is 25.6. The number of esters is 2. The Morgan fingerprint density at radius 2 is 1.03 bits per heavy atom. The zero-order chi connectivity index (χ0) is 57.2. The molecule has 2 aromatic heterocycles. The first-order valence-electron chi connectivity index (χ1n) is 23.8. The summed E-state index contributed by atoms with van der Waals surface area (Å²) in [7, 11) is 0. The molecule has 25 heteroatoms. The van der Waals surface area contributed by atoms with E-state index in [1.807, 2.05) is 84.9 Å². The molecule has 2 amide bonds. The number of benzene rings is 6. The SMILES string of the molecule is CC(=O)OCBr.CC(=O)OCOn1nnc2ccc(C(=O)N[C@H](Cc3ccc(-c4cccc(Cl)c4)cc3)C[C@@H](O)C(=O)O)cc21.O=C(N[C@H](Cc1ccc(-c2cccc(Cl)c2)cc1)C[C@@H](O)C(=O)O)c1ccc2nnn(O)c2c1. The number of aliphatic hydroxyl groups is 2. The van der Waals surface area contributed by atoms with Gasteiger partial charge in [0.2, 0.25) is 0 Å². The Bertz CT molecular complexity index is 3420. The Hall–Kier alpha value is -8.48. The van der Waals surface area contributed by atoms with Crippen LogP contribution in [0.2, 0.25) is 10.0 Å². The third-order valence-corrected chi connectivity index (χ3v) is 12.2. The van der Waals surface area contributed by atoms with Crippen molar-refractivity contribution in [2.24, 2.45) is 0 Å². The molecule has 0 aliphatic carbocycles. The highest BCUT2D eigenvalue weighted by Gasteiger charge is 2.25. The van der Waals surface area contributed by atoms with Crippen LogP contribution in [0.25, 0.3) is 44.3 Å². The van der Waals surface area contributed by atoms with Crippen molar-refractivity contribution in [3.05, 3.63) is 166 Å². The van der Waals surface area contributed by atoms with Gasteiger partial charge in [-0.15, -0.1) is 10.2 Å². The molecule has 0 aliphatic heterocycles. The highest BCUT2D eigenvalue weighted by Crippen LogP contribution is 2.26. The molecular weight excluding hydrogens is 1140 g/mol. The molecule has 0 radical (unpaired) electrons. The van der Waals surface area contributed by atoms with E-state index >= 15 is 0 Å². The van der Waals surface area contributed by atoms with Crippen LogP contribution < -0.4 is 15.5 Å². The van der Waals surface area contributed by atoms with Crippen LogP contribution >= 0.6 is 39.1 Å². The number of hydrogen-bond donors (Lipinski definition) is 7. The predicted octanol–water partition coefficient (Wildman–Crippen LogP) is 6.95. The Morgan fingerprint density at radius 3 is 1.44 bits per heavy atom. The number of amides is 2.